The van der Waals surface area contributed by atoms with Crippen LogP contribution < -0.4 is 5.32 Å². The summed E-state index contributed by atoms with van der Waals surface area (Å²) in [7, 11) is 0. The zero-order valence-corrected chi connectivity index (χ0v) is 12.0. The number of halogens is 2. The molecule has 0 bridgehead atoms. The van der Waals surface area contributed by atoms with Crippen molar-refractivity contribution in [2.75, 3.05) is 32.8 Å². The van der Waals surface area contributed by atoms with Crippen molar-refractivity contribution in [3.8, 4) is 6.07 Å². The molecule has 0 aliphatic carbocycles. The molecule has 0 aromatic heterocycles. The largest absolute Gasteiger partial charge is 0.396 e. The summed E-state index contributed by atoms with van der Waals surface area (Å²) in [5.41, 5.74) is 0.962. The van der Waals surface area contributed by atoms with E-state index in [4.69, 9.17) is 5.26 Å². The van der Waals surface area contributed by atoms with E-state index in [2.05, 4.69) is 10.2 Å². The van der Waals surface area contributed by atoms with E-state index < -0.39 is 5.82 Å². The van der Waals surface area contributed by atoms with Gasteiger partial charge in [0.15, 0.2) is 0 Å². The molecule has 1 atom stereocenters. The molecular weight excluding hydrogens is 281 g/mol. The van der Waals surface area contributed by atoms with Crippen LogP contribution in [0.15, 0.2) is 18.2 Å². The van der Waals surface area contributed by atoms with Gasteiger partial charge in [0.25, 0.3) is 0 Å². The summed E-state index contributed by atoms with van der Waals surface area (Å²) in [6.07, 6.45) is 0.594. The fourth-order valence-corrected chi connectivity index (χ4v) is 2.51. The van der Waals surface area contributed by atoms with Crippen LogP contribution in [0.3, 0.4) is 0 Å². The third-order valence-corrected chi connectivity index (χ3v) is 3.49. The minimum atomic E-state index is -0.491. The van der Waals surface area contributed by atoms with E-state index >= 15 is 0 Å². The molecule has 6 heteroatoms. The highest BCUT2D eigenvalue weighted by Crippen LogP contribution is 2.26. The molecule has 0 spiro atoms. The van der Waals surface area contributed by atoms with Crippen molar-refractivity contribution >= 4 is 12.4 Å². The quantitative estimate of drug-likeness (QED) is 0.883. The number of rotatable bonds is 4. The van der Waals surface area contributed by atoms with Gasteiger partial charge in [-0.25, -0.2) is 4.39 Å². The zero-order chi connectivity index (χ0) is 13.7. The Morgan fingerprint density at radius 2 is 2.10 bits per heavy atom. The van der Waals surface area contributed by atoms with Gasteiger partial charge in [-0.05, 0) is 24.1 Å². The Balaban J connectivity index is 0.00000200. The molecule has 20 heavy (non-hydrogen) atoms. The molecular formula is C14H19ClFN3O. The van der Waals surface area contributed by atoms with Crippen molar-refractivity contribution in [3.63, 3.8) is 0 Å². The second kappa shape index (κ2) is 8.18. The average Bonchev–Trinajstić information content (AvgIpc) is 2.46. The number of hydrogen-bond donors (Lipinski definition) is 2. The highest BCUT2D eigenvalue weighted by Gasteiger charge is 2.22. The Bertz CT molecular complexity index is 472. The first-order chi connectivity index (χ1) is 9.26. The highest BCUT2D eigenvalue weighted by atomic mass is 35.5. The minimum absolute atomic E-state index is 0. The summed E-state index contributed by atoms with van der Waals surface area (Å²) < 4.78 is 13.4. The Hall–Kier alpha value is -1.19. The second-order valence-electron chi connectivity index (χ2n) is 4.67. The van der Waals surface area contributed by atoms with Crippen LogP contribution in [0.2, 0.25) is 0 Å². The fourth-order valence-electron chi connectivity index (χ4n) is 2.51. The topological polar surface area (TPSA) is 59.3 Å². The van der Waals surface area contributed by atoms with Gasteiger partial charge < -0.3 is 10.4 Å². The molecule has 0 amide bonds. The molecule has 0 saturated carbocycles. The maximum Gasteiger partial charge on any atom is 0.140 e. The van der Waals surface area contributed by atoms with Crippen LogP contribution in [0.4, 0.5) is 4.39 Å². The number of nitrogens with one attached hydrogen (secondary N) is 1. The summed E-state index contributed by atoms with van der Waals surface area (Å²) >= 11 is 0. The van der Waals surface area contributed by atoms with E-state index in [0.717, 1.165) is 31.7 Å². The van der Waals surface area contributed by atoms with Crippen LogP contribution in [-0.2, 0) is 0 Å². The van der Waals surface area contributed by atoms with Crippen molar-refractivity contribution in [2.45, 2.75) is 12.5 Å². The number of aliphatic hydroxyl groups excluding tert-OH is 1. The number of nitrogens with zero attached hydrogens (tertiary/aromatic N) is 2. The Morgan fingerprint density at radius 1 is 1.40 bits per heavy atom. The van der Waals surface area contributed by atoms with Crippen molar-refractivity contribution in [1.82, 2.24) is 10.2 Å². The molecule has 1 saturated heterocycles. The van der Waals surface area contributed by atoms with E-state index in [1.807, 2.05) is 6.07 Å². The van der Waals surface area contributed by atoms with Crippen LogP contribution in [0.1, 0.15) is 23.6 Å². The fraction of sp³-hybridized carbons (Fsp3) is 0.500. The summed E-state index contributed by atoms with van der Waals surface area (Å²) in [5, 5.41) is 21.4. The van der Waals surface area contributed by atoms with Gasteiger partial charge in [-0.1, -0.05) is 6.07 Å². The molecule has 1 aromatic rings. The predicted molar refractivity (Wildman–Crippen MR) is 77.2 cm³/mol. The number of benzene rings is 1. The van der Waals surface area contributed by atoms with Crippen molar-refractivity contribution in [1.29, 1.82) is 5.26 Å². The van der Waals surface area contributed by atoms with Gasteiger partial charge in [-0.2, -0.15) is 5.26 Å². The molecule has 1 aromatic carbocycles. The summed E-state index contributed by atoms with van der Waals surface area (Å²) in [6.45, 7) is 3.68. The van der Waals surface area contributed by atoms with E-state index in [1.165, 1.54) is 6.07 Å². The lowest BCUT2D eigenvalue weighted by atomic mass is 9.99. The Labute approximate surface area is 124 Å². The Kier molecular flexibility index (Phi) is 6.89. The molecule has 0 unspecified atom stereocenters. The molecule has 2 rings (SSSR count). The van der Waals surface area contributed by atoms with Crippen molar-refractivity contribution in [2.24, 2.45) is 0 Å². The van der Waals surface area contributed by atoms with Crippen LogP contribution in [0.25, 0.3) is 0 Å². The third kappa shape index (κ3) is 3.90. The van der Waals surface area contributed by atoms with E-state index in [9.17, 15) is 9.50 Å². The van der Waals surface area contributed by atoms with Crippen molar-refractivity contribution in [3.05, 3.63) is 35.1 Å². The maximum atomic E-state index is 13.4. The van der Waals surface area contributed by atoms with E-state index in [0.29, 0.717) is 6.42 Å². The van der Waals surface area contributed by atoms with Gasteiger partial charge in [0.2, 0.25) is 0 Å². The second-order valence-corrected chi connectivity index (χ2v) is 4.67. The first-order valence-electron chi connectivity index (χ1n) is 6.51. The van der Waals surface area contributed by atoms with Gasteiger partial charge >= 0.3 is 0 Å². The standard InChI is InChI=1S/C14H18FN3O.ClH/c15-13-2-1-11(9-12(13)10-16)14(3-8-19)18-6-4-17-5-7-18;/h1-2,9,14,17,19H,3-8H2;1H/t14-;/m0./s1. The lowest BCUT2D eigenvalue weighted by Gasteiger charge is -2.35. The van der Waals surface area contributed by atoms with Crippen LogP contribution >= 0.6 is 12.4 Å². The van der Waals surface area contributed by atoms with E-state index in [-0.39, 0.29) is 30.6 Å². The van der Waals surface area contributed by atoms with E-state index in [1.54, 1.807) is 12.1 Å². The molecule has 4 nitrogen and oxygen atoms in total. The average molecular weight is 300 g/mol. The molecule has 1 aliphatic heterocycles. The molecule has 1 aliphatic rings. The summed E-state index contributed by atoms with van der Waals surface area (Å²) in [6, 6.07) is 6.54. The predicted octanol–water partition coefficient (Wildman–Crippen LogP) is 1.45. The first-order valence-corrected chi connectivity index (χ1v) is 6.51. The monoisotopic (exact) mass is 299 g/mol. The highest BCUT2D eigenvalue weighted by molar-refractivity contribution is 5.85. The molecule has 0 radical (unpaired) electrons. The van der Waals surface area contributed by atoms with Crippen LogP contribution in [0, 0.1) is 17.1 Å². The summed E-state index contributed by atoms with van der Waals surface area (Å²) in [5.74, 6) is -0.491. The normalized spacial score (nSPS) is 17.1. The molecule has 110 valence electrons. The minimum Gasteiger partial charge on any atom is -0.396 e. The SMILES string of the molecule is Cl.N#Cc1cc([C@H](CCO)N2CCNCC2)ccc1F. The molecule has 1 fully saturated rings. The number of hydrogen-bond acceptors (Lipinski definition) is 4. The van der Waals surface area contributed by atoms with Gasteiger partial charge in [-0.15, -0.1) is 12.4 Å². The third-order valence-electron chi connectivity index (χ3n) is 3.49. The number of piperazine rings is 1. The molecule has 2 N–H and O–H groups in total. The smallest absolute Gasteiger partial charge is 0.140 e. The van der Waals surface area contributed by atoms with Crippen molar-refractivity contribution < 1.29 is 9.50 Å². The van der Waals surface area contributed by atoms with Crippen LogP contribution in [0.5, 0.6) is 0 Å². The van der Waals surface area contributed by atoms with Gasteiger partial charge in [-0.3, -0.25) is 4.90 Å². The number of aliphatic hydroxyl groups is 1. The lowest BCUT2D eigenvalue weighted by molar-refractivity contribution is 0.141. The van der Waals surface area contributed by atoms with Gasteiger partial charge in [0.05, 0.1) is 5.56 Å². The number of nitriles is 1. The first kappa shape index (κ1) is 16.9. The Morgan fingerprint density at radius 3 is 2.70 bits per heavy atom. The van der Waals surface area contributed by atoms with Gasteiger partial charge in [0.1, 0.15) is 11.9 Å². The van der Waals surface area contributed by atoms with Gasteiger partial charge in [0, 0.05) is 38.8 Å². The van der Waals surface area contributed by atoms with Crippen LogP contribution in [-0.4, -0.2) is 42.8 Å². The molecule has 1 heterocycles. The lowest BCUT2D eigenvalue weighted by Crippen LogP contribution is -2.45. The zero-order valence-electron chi connectivity index (χ0n) is 11.2. The maximum absolute atomic E-state index is 13.4. The summed E-state index contributed by atoms with van der Waals surface area (Å²) in [4.78, 5) is 2.26.